The Balaban J connectivity index is 2.86. The molecule has 108 valence electrons. The van der Waals surface area contributed by atoms with Crippen molar-refractivity contribution < 1.29 is 14.4 Å². The first-order chi connectivity index (χ1) is 9.27. The van der Waals surface area contributed by atoms with E-state index < -0.39 is 5.54 Å². The van der Waals surface area contributed by atoms with Crippen molar-refractivity contribution in [2.45, 2.75) is 37.6 Å². The summed E-state index contributed by atoms with van der Waals surface area (Å²) in [4.78, 5) is 33.8. The lowest BCUT2D eigenvalue weighted by Crippen LogP contribution is -2.48. The van der Waals surface area contributed by atoms with Crippen LogP contribution < -0.4 is 5.32 Å². The summed E-state index contributed by atoms with van der Waals surface area (Å²) in [6, 6.07) is 7.06. The molecule has 0 fully saturated rings. The minimum absolute atomic E-state index is 0.0107. The van der Waals surface area contributed by atoms with E-state index in [9.17, 15) is 14.4 Å². The fourth-order valence-corrected chi connectivity index (χ4v) is 2.22. The van der Waals surface area contributed by atoms with Gasteiger partial charge in [-0.2, -0.15) is 0 Å². The highest BCUT2D eigenvalue weighted by Gasteiger charge is 2.25. The lowest BCUT2D eigenvalue weighted by atomic mass is 9.93. The molecule has 0 spiro atoms. The van der Waals surface area contributed by atoms with E-state index in [1.54, 1.807) is 38.1 Å². The molecule has 20 heavy (non-hydrogen) atoms. The second-order valence-electron chi connectivity index (χ2n) is 5.07. The number of benzene rings is 1. The Bertz CT molecular complexity index is 510. The van der Waals surface area contributed by atoms with E-state index in [4.69, 9.17) is 0 Å². The third kappa shape index (κ3) is 4.56. The smallest absolute Gasteiger partial charge is 0.217 e. The van der Waals surface area contributed by atoms with Crippen molar-refractivity contribution in [3.63, 3.8) is 0 Å². The second kappa shape index (κ2) is 6.79. The molecule has 2 unspecified atom stereocenters. The molecule has 5 heteroatoms. The molecule has 1 aromatic carbocycles. The maximum absolute atomic E-state index is 11.8. The van der Waals surface area contributed by atoms with Crippen molar-refractivity contribution in [3.8, 4) is 0 Å². The van der Waals surface area contributed by atoms with Crippen LogP contribution >= 0.6 is 15.9 Å². The zero-order chi connectivity index (χ0) is 15.3. The predicted octanol–water partition coefficient (Wildman–Crippen LogP) is 2.29. The summed E-state index contributed by atoms with van der Waals surface area (Å²) < 4.78 is 0. The molecule has 0 heterocycles. The van der Waals surface area contributed by atoms with E-state index >= 15 is 0 Å². The van der Waals surface area contributed by atoms with Crippen LogP contribution in [0.1, 0.15) is 36.7 Å². The van der Waals surface area contributed by atoms with Gasteiger partial charge in [-0.15, -0.1) is 0 Å². The summed E-state index contributed by atoms with van der Waals surface area (Å²) >= 11 is 3.24. The van der Waals surface area contributed by atoms with Crippen molar-refractivity contribution in [2.24, 2.45) is 0 Å². The summed E-state index contributed by atoms with van der Waals surface area (Å²) in [5, 5.41) is 2.63. The first-order valence-corrected chi connectivity index (χ1v) is 7.21. The lowest BCUT2D eigenvalue weighted by Gasteiger charge is -2.24. The van der Waals surface area contributed by atoms with E-state index in [1.165, 1.54) is 6.92 Å². The normalized spacial score (nSPS) is 15.0. The number of carbonyl (C=O) groups is 3. The molecule has 0 saturated carbocycles. The van der Waals surface area contributed by atoms with Gasteiger partial charge in [0.2, 0.25) is 5.91 Å². The van der Waals surface area contributed by atoms with Gasteiger partial charge in [0, 0.05) is 18.9 Å². The van der Waals surface area contributed by atoms with Crippen LogP contribution in [0.5, 0.6) is 0 Å². The minimum atomic E-state index is -0.930. The van der Waals surface area contributed by atoms with Crippen LogP contribution in [-0.4, -0.2) is 28.3 Å². The van der Waals surface area contributed by atoms with Crippen LogP contribution in [0.15, 0.2) is 24.3 Å². The summed E-state index contributed by atoms with van der Waals surface area (Å²) in [5.41, 5.74) is 0.567. The van der Waals surface area contributed by atoms with Crippen LogP contribution in [0.2, 0.25) is 0 Å². The van der Waals surface area contributed by atoms with E-state index in [0.29, 0.717) is 12.0 Å². The molecule has 0 bridgehead atoms. The van der Waals surface area contributed by atoms with Crippen molar-refractivity contribution in [1.82, 2.24) is 5.32 Å². The standard InChI is InChI=1S/C15H18BrNO3/c1-10(16)14(20)13-6-4-12(5-7-13)8-15(3,9-18)17-11(2)19/h4-7,9-10H,8H2,1-3H3,(H,17,19). The molecule has 0 aliphatic rings. The predicted molar refractivity (Wildman–Crippen MR) is 81.2 cm³/mol. The first-order valence-electron chi connectivity index (χ1n) is 6.30. The maximum Gasteiger partial charge on any atom is 0.217 e. The quantitative estimate of drug-likeness (QED) is 0.491. The molecule has 0 saturated heterocycles. The molecule has 0 aromatic heterocycles. The fraction of sp³-hybridized carbons (Fsp3) is 0.400. The molecule has 0 aliphatic heterocycles. The lowest BCUT2D eigenvalue weighted by molar-refractivity contribution is -0.124. The number of Topliss-reactive ketones (excluding diaryl/α,β-unsaturated/α-hetero) is 1. The number of aldehydes is 1. The first kappa shape index (κ1) is 16.6. The number of nitrogens with one attached hydrogen (secondary N) is 1. The van der Waals surface area contributed by atoms with Gasteiger partial charge < -0.3 is 10.1 Å². The maximum atomic E-state index is 11.8. The highest BCUT2D eigenvalue weighted by Crippen LogP contribution is 2.15. The molecule has 2 atom stereocenters. The number of amides is 1. The fourth-order valence-electron chi connectivity index (χ4n) is 1.96. The van der Waals surface area contributed by atoms with Gasteiger partial charge in [0.25, 0.3) is 0 Å². The van der Waals surface area contributed by atoms with Gasteiger partial charge in [0.1, 0.15) is 6.29 Å². The Kier molecular flexibility index (Phi) is 5.62. The van der Waals surface area contributed by atoms with Gasteiger partial charge in [-0.1, -0.05) is 40.2 Å². The average Bonchev–Trinajstić information content (AvgIpc) is 2.37. The Labute approximate surface area is 127 Å². The highest BCUT2D eigenvalue weighted by molar-refractivity contribution is 9.10. The van der Waals surface area contributed by atoms with Gasteiger partial charge in [-0.05, 0) is 19.4 Å². The number of carbonyl (C=O) groups excluding carboxylic acids is 3. The molecule has 1 N–H and O–H groups in total. The Hall–Kier alpha value is -1.49. The van der Waals surface area contributed by atoms with Crippen molar-refractivity contribution >= 4 is 33.9 Å². The van der Waals surface area contributed by atoms with Crippen LogP contribution in [-0.2, 0) is 16.0 Å². The minimum Gasteiger partial charge on any atom is -0.344 e. The summed E-state index contributed by atoms with van der Waals surface area (Å²) in [5.74, 6) is -0.240. The van der Waals surface area contributed by atoms with Gasteiger partial charge in [-0.3, -0.25) is 9.59 Å². The number of rotatable bonds is 6. The molecule has 4 nitrogen and oxygen atoms in total. The number of halogens is 1. The average molecular weight is 340 g/mol. The SMILES string of the molecule is CC(=O)NC(C)(C=O)Cc1ccc(C(=O)C(C)Br)cc1. The molecule has 0 aliphatic carbocycles. The zero-order valence-corrected chi connectivity index (χ0v) is 13.4. The highest BCUT2D eigenvalue weighted by atomic mass is 79.9. The van der Waals surface area contributed by atoms with Crippen molar-refractivity contribution in [2.75, 3.05) is 0 Å². The second-order valence-corrected chi connectivity index (χ2v) is 6.44. The summed E-state index contributed by atoms with van der Waals surface area (Å²) in [6.07, 6.45) is 1.11. The van der Waals surface area contributed by atoms with Gasteiger partial charge in [0.15, 0.2) is 5.78 Å². The van der Waals surface area contributed by atoms with Gasteiger partial charge in [0.05, 0.1) is 10.4 Å². The van der Waals surface area contributed by atoms with E-state index in [1.807, 2.05) is 0 Å². The van der Waals surface area contributed by atoms with Crippen LogP contribution in [0, 0.1) is 0 Å². The molecule has 1 amide bonds. The monoisotopic (exact) mass is 339 g/mol. The van der Waals surface area contributed by atoms with Crippen LogP contribution in [0.25, 0.3) is 0 Å². The van der Waals surface area contributed by atoms with E-state index in [-0.39, 0.29) is 16.5 Å². The van der Waals surface area contributed by atoms with Gasteiger partial charge >= 0.3 is 0 Å². The Morgan fingerprint density at radius 1 is 1.35 bits per heavy atom. The summed E-state index contributed by atoms with van der Waals surface area (Å²) in [6.45, 7) is 4.82. The third-order valence-corrected chi connectivity index (χ3v) is 3.31. The number of ketones is 1. The molecule has 1 rings (SSSR count). The van der Waals surface area contributed by atoms with E-state index in [2.05, 4.69) is 21.2 Å². The van der Waals surface area contributed by atoms with Gasteiger partial charge in [-0.25, -0.2) is 0 Å². The molecular weight excluding hydrogens is 322 g/mol. The Morgan fingerprint density at radius 3 is 2.30 bits per heavy atom. The van der Waals surface area contributed by atoms with E-state index in [0.717, 1.165) is 11.8 Å². The summed E-state index contributed by atoms with van der Waals surface area (Å²) in [7, 11) is 0. The molecular formula is C15H18BrNO3. The third-order valence-electron chi connectivity index (χ3n) is 2.89. The van der Waals surface area contributed by atoms with Crippen LogP contribution in [0.3, 0.4) is 0 Å². The van der Waals surface area contributed by atoms with Crippen LogP contribution in [0.4, 0.5) is 0 Å². The zero-order valence-electron chi connectivity index (χ0n) is 11.8. The largest absolute Gasteiger partial charge is 0.344 e. The number of hydrogen-bond acceptors (Lipinski definition) is 3. The van der Waals surface area contributed by atoms with Crippen molar-refractivity contribution in [3.05, 3.63) is 35.4 Å². The molecule has 1 aromatic rings. The Morgan fingerprint density at radius 2 is 1.90 bits per heavy atom. The van der Waals surface area contributed by atoms with Crippen molar-refractivity contribution in [1.29, 1.82) is 0 Å². The number of hydrogen-bond donors (Lipinski definition) is 1. The topological polar surface area (TPSA) is 63.2 Å². The number of alkyl halides is 1. The molecule has 0 radical (unpaired) electrons.